The van der Waals surface area contributed by atoms with E-state index >= 15 is 0 Å². The van der Waals surface area contributed by atoms with E-state index < -0.39 is 6.10 Å². The summed E-state index contributed by atoms with van der Waals surface area (Å²) in [6, 6.07) is 0. The van der Waals surface area contributed by atoms with Gasteiger partial charge in [-0.3, -0.25) is 4.79 Å². The van der Waals surface area contributed by atoms with Gasteiger partial charge in [0.2, 0.25) is 5.91 Å². The SMILES string of the molecule is C[C@@H](O)C=C[C@@H]1[C@H]2CC(CCCCC(=O)N(C)C)=C[C@H]2C[C@H]1O. The number of amides is 1. The molecule has 1 saturated carbocycles. The molecule has 0 saturated heterocycles. The lowest BCUT2D eigenvalue weighted by molar-refractivity contribution is -0.128. The standard InChI is InChI=1S/C19H31NO3/c1-13(21)8-9-16-17-11-14(10-15(17)12-18(16)22)6-4-5-7-19(23)20(2)3/h8-10,13,15-18,21-22H,4-7,11-12H2,1-3H3/t13-,15+,16-,17+,18-/m1/s1. The number of unbranched alkanes of at least 4 members (excludes halogenated alkanes) is 1. The molecule has 0 aromatic rings. The number of hydrogen-bond donors (Lipinski definition) is 2. The summed E-state index contributed by atoms with van der Waals surface area (Å²) in [5.41, 5.74) is 1.49. The second kappa shape index (κ2) is 8.11. The maximum Gasteiger partial charge on any atom is 0.222 e. The number of aliphatic hydroxyl groups is 2. The van der Waals surface area contributed by atoms with Crippen LogP contribution < -0.4 is 0 Å². The zero-order valence-electron chi connectivity index (χ0n) is 14.6. The number of carbonyl (C=O) groups excluding carboxylic acids is 1. The van der Waals surface area contributed by atoms with E-state index in [1.54, 1.807) is 32.0 Å². The molecule has 2 rings (SSSR count). The van der Waals surface area contributed by atoms with E-state index in [4.69, 9.17) is 0 Å². The van der Waals surface area contributed by atoms with E-state index in [1.165, 1.54) is 5.57 Å². The van der Waals surface area contributed by atoms with Crippen molar-refractivity contribution in [2.45, 2.75) is 57.7 Å². The molecule has 0 aliphatic heterocycles. The van der Waals surface area contributed by atoms with E-state index in [1.807, 2.05) is 6.08 Å². The van der Waals surface area contributed by atoms with Crippen molar-refractivity contribution in [1.82, 2.24) is 4.90 Å². The average Bonchev–Trinajstić information content (AvgIpc) is 2.97. The Bertz CT molecular complexity index is 467. The Hall–Kier alpha value is -1.13. The lowest BCUT2D eigenvalue weighted by Crippen LogP contribution is -2.21. The van der Waals surface area contributed by atoms with Gasteiger partial charge in [0.1, 0.15) is 0 Å². The Morgan fingerprint density at radius 3 is 2.83 bits per heavy atom. The lowest BCUT2D eigenvalue weighted by Gasteiger charge is -2.18. The first-order chi connectivity index (χ1) is 10.9. The van der Waals surface area contributed by atoms with Crippen molar-refractivity contribution in [1.29, 1.82) is 0 Å². The summed E-state index contributed by atoms with van der Waals surface area (Å²) in [6.45, 7) is 1.74. The fourth-order valence-electron chi connectivity index (χ4n) is 3.93. The van der Waals surface area contributed by atoms with Crippen molar-refractivity contribution in [2.24, 2.45) is 17.8 Å². The summed E-state index contributed by atoms with van der Waals surface area (Å²) >= 11 is 0. The quantitative estimate of drug-likeness (QED) is 0.559. The Labute approximate surface area is 139 Å². The summed E-state index contributed by atoms with van der Waals surface area (Å²) in [4.78, 5) is 13.2. The predicted molar refractivity (Wildman–Crippen MR) is 91.8 cm³/mol. The summed E-state index contributed by atoms with van der Waals surface area (Å²) in [5.74, 6) is 1.33. The van der Waals surface area contributed by atoms with Gasteiger partial charge in [0.15, 0.2) is 0 Å². The van der Waals surface area contributed by atoms with E-state index in [0.717, 1.165) is 32.1 Å². The molecule has 4 heteroatoms. The van der Waals surface area contributed by atoms with Gasteiger partial charge in [-0.15, -0.1) is 0 Å². The van der Waals surface area contributed by atoms with Gasteiger partial charge < -0.3 is 15.1 Å². The second-order valence-electron chi connectivity index (χ2n) is 7.36. The van der Waals surface area contributed by atoms with Gasteiger partial charge in [-0.05, 0) is 50.9 Å². The van der Waals surface area contributed by atoms with Crippen molar-refractivity contribution >= 4 is 5.91 Å². The zero-order chi connectivity index (χ0) is 17.0. The molecule has 2 aliphatic rings. The van der Waals surface area contributed by atoms with Gasteiger partial charge in [-0.25, -0.2) is 0 Å². The Morgan fingerprint density at radius 1 is 1.43 bits per heavy atom. The molecular weight excluding hydrogens is 290 g/mol. The van der Waals surface area contributed by atoms with Crippen LogP contribution in [0.25, 0.3) is 0 Å². The average molecular weight is 321 g/mol. The van der Waals surface area contributed by atoms with Crippen LogP contribution in [0.15, 0.2) is 23.8 Å². The highest BCUT2D eigenvalue weighted by Gasteiger charge is 2.43. The smallest absolute Gasteiger partial charge is 0.222 e. The molecule has 130 valence electrons. The molecule has 2 aliphatic carbocycles. The van der Waals surface area contributed by atoms with Crippen LogP contribution in [0.3, 0.4) is 0 Å². The predicted octanol–water partition coefficient (Wildman–Crippen LogP) is 2.52. The summed E-state index contributed by atoms with van der Waals surface area (Å²) in [7, 11) is 3.60. The summed E-state index contributed by atoms with van der Waals surface area (Å²) < 4.78 is 0. The molecule has 5 atom stereocenters. The highest BCUT2D eigenvalue weighted by Crippen LogP contribution is 2.48. The van der Waals surface area contributed by atoms with Gasteiger partial charge in [-0.2, -0.15) is 0 Å². The molecule has 0 spiro atoms. The Kier molecular flexibility index (Phi) is 6.42. The van der Waals surface area contributed by atoms with Crippen LogP contribution in [0.4, 0.5) is 0 Å². The van der Waals surface area contributed by atoms with Crippen LogP contribution in [-0.4, -0.2) is 47.3 Å². The van der Waals surface area contributed by atoms with Crippen molar-refractivity contribution in [3.8, 4) is 0 Å². The topological polar surface area (TPSA) is 60.8 Å². The number of aliphatic hydroxyl groups excluding tert-OH is 2. The van der Waals surface area contributed by atoms with Gasteiger partial charge in [-0.1, -0.05) is 23.8 Å². The number of rotatable bonds is 7. The molecule has 4 nitrogen and oxygen atoms in total. The second-order valence-corrected chi connectivity index (χ2v) is 7.36. The lowest BCUT2D eigenvalue weighted by atomic mass is 9.88. The van der Waals surface area contributed by atoms with Gasteiger partial charge in [0, 0.05) is 26.4 Å². The van der Waals surface area contributed by atoms with E-state index in [-0.39, 0.29) is 17.9 Å². The van der Waals surface area contributed by atoms with Gasteiger partial charge in [0.05, 0.1) is 12.2 Å². The van der Waals surface area contributed by atoms with Crippen molar-refractivity contribution < 1.29 is 15.0 Å². The highest BCUT2D eigenvalue weighted by atomic mass is 16.3. The maximum absolute atomic E-state index is 11.6. The molecular formula is C19H31NO3. The summed E-state index contributed by atoms with van der Waals surface area (Å²) in [6.07, 6.45) is 11.0. The molecule has 0 bridgehead atoms. The van der Waals surface area contributed by atoms with Gasteiger partial charge >= 0.3 is 0 Å². The van der Waals surface area contributed by atoms with Crippen LogP contribution in [0, 0.1) is 17.8 Å². The number of hydrogen-bond acceptors (Lipinski definition) is 3. The molecule has 1 fully saturated rings. The maximum atomic E-state index is 11.6. The molecule has 2 N–H and O–H groups in total. The minimum atomic E-state index is -0.454. The van der Waals surface area contributed by atoms with Crippen molar-refractivity contribution in [3.05, 3.63) is 23.8 Å². The normalized spacial score (nSPS) is 31.3. The number of carbonyl (C=O) groups is 1. The fraction of sp³-hybridized carbons (Fsp3) is 0.737. The first-order valence-electron chi connectivity index (χ1n) is 8.82. The minimum absolute atomic E-state index is 0.165. The molecule has 0 aromatic heterocycles. The number of nitrogens with zero attached hydrogens (tertiary/aromatic N) is 1. The number of allylic oxidation sites excluding steroid dienone is 2. The minimum Gasteiger partial charge on any atom is -0.392 e. The fourth-order valence-corrected chi connectivity index (χ4v) is 3.93. The van der Waals surface area contributed by atoms with Crippen LogP contribution in [0.5, 0.6) is 0 Å². The highest BCUT2D eigenvalue weighted by molar-refractivity contribution is 5.75. The third-order valence-corrected chi connectivity index (χ3v) is 5.20. The van der Waals surface area contributed by atoms with E-state index in [2.05, 4.69) is 6.08 Å². The van der Waals surface area contributed by atoms with Crippen LogP contribution >= 0.6 is 0 Å². The first kappa shape index (κ1) is 18.2. The molecule has 0 heterocycles. The zero-order valence-corrected chi connectivity index (χ0v) is 14.6. The first-order valence-corrected chi connectivity index (χ1v) is 8.82. The molecule has 0 radical (unpaired) electrons. The van der Waals surface area contributed by atoms with Gasteiger partial charge in [0.25, 0.3) is 0 Å². The number of fused-ring (bicyclic) bond motifs is 1. The van der Waals surface area contributed by atoms with E-state index in [0.29, 0.717) is 18.3 Å². The Morgan fingerprint density at radius 2 is 2.17 bits per heavy atom. The van der Waals surface area contributed by atoms with E-state index in [9.17, 15) is 15.0 Å². The molecule has 1 amide bonds. The summed E-state index contributed by atoms with van der Waals surface area (Å²) in [5, 5.41) is 19.6. The third kappa shape index (κ3) is 4.92. The van der Waals surface area contributed by atoms with Crippen molar-refractivity contribution in [2.75, 3.05) is 14.1 Å². The molecule has 23 heavy (non-hydrogen) atoms. The molecule has 0 unspecified atom stereocenters. The molecule has 0 aromatic carbocycles. The van der Waals surface area contributed by atoms with Crippen LogP contribution in [-0.2, 0) is 4.79 Å². The Balaban J connectivity index is 1.78. The van der Waals surface area contributed by atoms with Crippen LogP contribution in [0.2, 0.25) is 0 Å². The largest absolute Gasteiger partial charge is 0.392 e. The van der Waals surface area contributed by atoms with Crippen molar-refractivity contribution in [3.63, 3.8) is 0 Å². The van der Waals surface area contributed by atoms with Crippen LogP contribution in [0.1, 0.15) is 45.4 Å². The third-order valence-electron chi connectivity index (χ3n) is 5.20. The monoisotopic (exact) mass is 321 g/mol.